The fourth-order valence-electron chi connectivity index (χ4n) is 1.37. The Morgan fingerprint density at radius 1 is 1.63 bits per heavy atom. The number of nitrogens with one attached hydrogen (secondary N) is 1. The van der Waals surface area contributed by atoms with E-state index in [0.717, 1.165) is 12.1 Å². The average Bonchev–Trinajstić information content (AvgIpc) is 2.33. The fourth-order valence-corrected chi connectivity index (χ4v) is 1.37. The van der Waals surface area contributed by atoms with Crippen molar-refractivity contribution in [1.29, 1.82) is 0 Å². The summed E-state index contributed by atoms with van der Waals surface area (Å²) < 4.78 is 18.4. The van der Waals surface area contributed by atoms with Gasteiger partial charge in [-0.15, -0.1) is 0 Å². The van der Waals surface area contributed by atoms with Crippen LogP contribution in [-0.4, -0.2) is 35.2 Å². The summed E-state index contributed by atoms with van der Waals surface area (Å²) >= 11 is 0. The van der Waals surface area contributed by atoms with Crippen LogP contribution < -0.4 is 10.1 Å². The molecule has 0 saturated carbocycles. The van der Waals surface area contributed by atoms with Crippen LogP contribution >= 0.6 is 0 Å². The molecule has 0 spiro atoms. The van der Waals surface area contributed by atoms with Crippen LogP contribution in [0.1, 0.15) is 6.92 Å². The molecule has 0 aliphatic rings. The molecule has 0 aliphatic carbocycles. The summed E-state index contributed by atoms with van der Waals surface area (Å²) in [4.78, 5) is 20.4. The number of halogens is 1. The van der Waals surface area contributed by atoms with Gasteiger partial charge in [0.15, 0.2) is 0 Å². The Morgan fingerprint density at radius 3 is 2.79 bits per heavy atom. The molecule has 0 amide bonds. The van der Waals surface area contributed by atoms with Gasteiger partial charge in [-0.05, 0) is 12.6 Å². The van der Waals surface area contributed by atoms with Gasteiger partial charge in [0.1, 0.15) is 18.4 Å². The summed E-state index contributed by atoms with van der Waals surface area (Å²) in [5.41, 5.74) is -0.659. The zero-order chi connectivity index (χ0) is 14.4. The van der Waals surface area contributed by atoms with Gasteiger partial charge in [0.05, 0.1) is 4.92 Å². The normalized spacial score (nSPS) is 11.9. The Balaban J connectivity index is 2.70. The summed E-state index contributed by atoms with van der Waals surface area (Å²) in [5.74, 6) is -2.09. The van der Waals surface area contributed by atoms with E-state index < -0.39 is 28.4 Å². The van der Waals surface area contributed by atoms with Crippen molar-refractivity contribution in [3.05, 3.63) is 34.1 Å². The topological polar surface area (TPSA) is 102 Å². The zero-order valence-electron chi connectivity index (χ0n) is 10.1. The predicted octanol–water partition coefficient (Wildman–Crippen LogP) is 1.18. The van der Waals surface area contributed by atoms with E-state index in [4.69, 9.17) is 9.84 Å². The number of carbonyl (C=O) groups is 1. The van der Waals surface area contributed by atoms with E-state index in [0.29, 0.717) is 6.54 Å². The first-order chi connectivity index (χ1) is 8.95. The molecule has 104 valence electrons. The molecule has 1 unspecified atom stereocenters. The van der Waals surface area contributed by atoms with E-state index in [9.17, 15) is 19.3 Å². The van der Waals surface area contributed by atoms with Crippen LogP contribution in [0.2, 0.25) is 0 Å². The van der Waals surface area contributed by atoms with Crippen LogP contribution in [0.15, 0.2) is 18.2 Å². The van der Waals surface area contributed by atoms with Crippen molar-refractivity contribution in [3.8, 4) is 5.75 Å². The van der Waals surface area contributed by atoms with E-state index in [1.165, 1.54) is 6.07 Å². The number of nitro benzene ring substituents is 1. The molecule has 1 aromatic rings. The molecule has 0 bridgehead atoms. The van der Waals surface area contributed by atoms with E-state index in [1.807, 2.05) is 0 Å². The number of aliphatic carboxylic acids is 1. The molecule has 1 aromatic carbocycles. The van der Waals surface area contributed by atoms with Crippen molar-refractivity contribution < 1.29 is 24.0 Å². The second-order valence-electron chi connectivity index (χ2n) is 3.63. The number of carboxylic acid groups (broad SMARTS) is 1. The number of benzene rings is 1. The highest BCUT2D eigenvalue weighted by Crippen LogP contribution is 2.22. The average molecular weight is 272 g/mol. The van der Waals surface area contributed by atoms with Crippen LogP contribution in [0.25, 0.3) is 0 Å². The molecule has 0 radical (unpaired) electrons. The second-order valence-corrected chi connectivity index (χ2v) is 3.63. The number of nitrogens with zero attached hydrogens (tertiary/aromatic N) is 1. The number of ether oxygens (including phenoxy) is 1. The number of carboxylic acids is 1. The van der Waals surface area contributed by atoms with Crippen molar-refractivity contribution in [3.63, 3.8) is 0 Å². The van der Waals surface area contributed by atoms with Crippen LogP contribution in [0.4, 0.5) is 10.1 Å². The zero-order valence-corrected chi connectivity index (χ0v) is 10.1. The van der Waals surface area contributed by atoms with Crippen molar-refractivity contribution in [2.24, 2.45) is 0 Å². The van der Waals surface area contributed by atoms with Gasteiger partial charge in [-0.2, -0.15) is 4.39 Å². The van der Waals surface area contributed by atoms with Crippen molar-refractivity contribution in [2.75, 3.05) is 13.2 Å². The second kappa shape index (κ2) is 6.64. The highest BCUT2D eigenvalue weighted by Gasteiger charge is 2.18. The smallest absolute Gasteiger partial charge is 0.324 e. The van der Waals surface area contributed by atoms with Crippen LogP contribution in [0, 0.1) is 15.9 Å². The lowest BCUT2D eigenvalue weighted by atomic mass is 10.3. The molecule has 2 N–H and O–H groups in total. The lowest BCUT2D eigenvalue weighted by Crippen LogP contribution is -2.41. The maximum absolute atomic E-state index is 13.3. The summed E-state index contributed by atoms with van der Waals surface area (Å²) in [7, 11) is 0. The summed E-state index contributed by atoms with van der Waals surface area (Å²) in [6.45, 7) is 1.97. The lowest BCUT2D eigenvalue weighted by molar-refractivity contribution is -0.387. The third kappa shape index (κ3) is 4.18. The Morgan fingerprint density at radius 2 is 2.32 bits per heavy atom. The number of rotatable bonds is 7. The Hall–Kier alpha value is -2.22. The quantitative estimate of drug-likeness (QED) is 0.570. The van der Waals surface area contributed by atoms with Crippen LogP contribution in [0.5, 0.6) is 5.75 Å². The van der Waals surface area contributed by atoms with Gasteiger partial charge >= 0.3 is 11.7 Å². The largest absolute Gasteiger partial charge is 0.491 e. The highest BCUT2D eigenvalue weighted by atomic mass is 19.1. The van der Waals surface area contributed by atoms with Gasteiger partial charge < -0.3 is 15.2 Å². The minimum atomic E-state index is -1.09. The third-order valence-electron chi connectivity index (χ3n) is 2.28. The van der Waals surface area contributed by atoms with Crippen LogP contribution in [-0.2, 0) is 4.79 Å². The first kappa shape index (κ1) is 14.8. The SMILES string of the molecule is CCNC(COc1ccc([N+](=O)[O-])c(F)c1)C(=O)O. The number of hydrogen-bond donors (Lipinski definition) is 2. The Bertz CT molecular complexity index is 480. The highest BCUT2D eigenvalue weighted by molar-refractivity contribution is 5.73. The molecule has 0 fully saturated rings. The first-order valence-electron chi connectivity index (χ1n) is 5.48. The number of likely N-dealkylation sites (N-methyl/N-ethyl adjacent to an activating group) is 1. The van der Waals surface area contributed by atoms with Gasteiger partial charge in [0, 0.05) is 12.1 Å². The molecule has 19 heavy (non-hydrogen) atoms. The van der Waals surface area contributed by atoms with E-state index >= 15 is 0 Å². The minimum Gasteiger partial charge on any atom is -0.491 e. The molecular formula is C11H13FN2O5. The fraction of sp³-hybridized carbons (Fsp3) is 0.364. The van der Waals surface area contributed by atoms with E-state index in [1.54, 1.807) is 6.92 Å². The maximum atomic E-state index is 13.3. The van der Waals surface area contributed by atoms with Crippen molar-refractivity contribution >= 4 is 11.7 Å². The predicted molar refractivity (Wildman–Crippen MR) is 63.6 cm³/mol. The molecule has 0 saturated heterocycles. The van der Waals surface area contributed by atoms with Crippen LogP contribution in [0.3, 0.4) is 0 Å². The van der Waals surface area contributed by atoms with Crippen molar-refractivity contribution in [2.45, 2.75) is 13.0 Å². The Labute approximate surface area is 108 Å². The number of nitro groups is 1. The third-order valence-corrected chi connectivity index (χ3v) is 2.28. The van der Waals surface area contributed by atoms with Gasteiger partial charge in [-0.1, -0.05) is 6.92 Å². The monoisotopic (exact) mass is 272 g/mol. The first-order valence-corrected chi connectivity index (χ1v) is 5.48. The maximum Gasteiger partial charge on any atom is 0.324 e. The van der Waals surface area contributed by atoms with E-state index in [2.05, 4.69) is 5.32 Å². The lowest BCUT2D eigenvalue weighted by Gasteiger charge is -2.14. The molecule has 8 heteroatoms. The molecule has 7 nitrogen and oxygen atoms in total. The molecular weight excluding hydrogens is 259 g/mol. The minimum absolute atomic E-state index is 0.0345. The molecule has 0 heterocycles. The molecule has 0 aromatic heterocycles. The Kier molecular flexibility index (Phi) is 5.19. The molecule has 0 aliphatic heterocycles. The standard InChI is InChI=1S/C11H13FN2O5/c1-2-13-9(11(15)16)6-19-7-3-4-10(14(17)18)8(12)5-7/h3-5,9,13H,2,6H2,1H3,(H,15,16). The van der Waals surface area contributed by atoms with Gasteiger partial charge in [0.25, 0.3) is 0 Å². The molecule has 1 rings (SSSR count). The van der Waals surface area contributed by atoms with Crippen molar-refractivity contribution in [1.82, 2.24) is 5.32 Å². The summed E-state index contributed by atoms with van der Waals surface area (Å²) in [6, 6.07) is 2.10. The summed E-state index contributed by atoms with van der Waals surface area (Å²) in [5, 5.41) is 21.9. The van der Waals surface area contributed by atoms with Gasteiger partial charge in [0.2, 0.25) is 5.82 Å². The van der Waals surface area contributed by atoms with Gasteiger partial charge in [-0.3, -0.25) is 14.9 Å². The van der Waals surface area contributed by atoms with Gasteiger partial charge in [-0.25, -0.2) is 0 Å². The number of hydrogen-bond acceptors (Lipinski definition) is 5. The molecule has 1 atom stereocenters. The summed E-state index contributed by atoms with van der Waals surface area (Å²) in [6.07, 6.45) is 0. The van der Waals surface area contributed by atoms with E-state index in [-0.39, 0.29) is 12.4 Å².